The van der Waals surface area contributed by atoms with Gasteiger partial charge in [-0.05, 0) is 54.0 Å². The Kier molecular flexibility index (Phi) is 16.0. The summed E-state index contributed by atoms with van der Waals surface area (Å²) in [4.78, 5) is 35.4. The average Bonchev–Trinajstić information content (AvgIpc) is 3.45. The maximum atomic E-state index is 12.2. The second-order valence-electron chi connectivity index (χ2n) is 13.0. The molecule has 0 radical (unpaired) electrons. The lowest BCUT2D eigenvalue weighted by Crippen LogP contribution is -2.21. The Labute approximate surface area is 282 Å². The van der Waals surface area contributed by atoms with Crippen molar-refractivity contribution in [3.8, 4) is 0 Å². The monoisotopic (exact) mass is 631 g/mol. The number of benzene rings is 3. The van der Waals surface area contributed by atoms with Crippen LogP contribution >= 0.6 is 0 Å². The van der Waals surface area contributed by atoms with Gasteiger partial charge >= 0.3 is 0 Å². The van der Waals surface area contributed by atoms with E-state index >= 15 is 0 Å². The van der Waals surface area contributed by atoms with Crippen LogP contribution in [0.2, 0.25) is 0 Å². The van der Waals surface area contributed by atoms with Gasteiger partial charge in [0.2, 0.25) is 0 Å². The van der Waals surface area contributed by atoms with Crippen molar-refractivity contribution in [2.75, 3.05) is 0 Å². The molecule has 0 atom stereocenters. The molecule has 0 bridgehead atoms. The zero-order chi connectivity index (χ0) is 32.9. The molecule has 3 aromatic rings. The van der Waals surface area contributed by atoms with Gasteiger partial charge in [0.15, 0.2) is 5.78 Å². The van der Waals surface area contributed by atoms with Gasteiger partial charge in [0.1, 0.15) is 0 Å². The van der Waals surface area contributed by atoms with Crippen LogP contribution in [-0.2, 0) is 22.4 Å². The molecule has 1 aliphatic heterocycles. The lowest BCUT2D eigenvalue weighted by Gasteiger charge is -2.05. The van der Waals surface area contributed by atoms with Crippen LogP contribution in [0.3, 0.4) is 0 Å². The lowest BCUT2D eigenvalue weighted by molar-refractivity contribution is -0.123. The number of amides is 2. The number of aryl methyl sites for hydroxylation is 2. The summed E-state index contributed by atoms with van der Waals surface area (Å²) in [7, 11) is 0. The second kappa shape index (κ2) is 20.9. The standard InChI is InChI=1S/C43H53NO3/c45-41(39-22-18-15-19-23-39)33-30-37-26-24-35(25-27-37)20-16-13-11-9-7-5-3-1-2-4-6-8-10-12-14-17-21-36-28-31-38(32-29-36)40-34-42(46)44-43(40)47/h15,18-19,22-34H,1-14,16-17,20-21H2,(H,44,46,47). The quantitative estimate of drug-likeness (QED) is 0.0490. The highest BCUT2D eigenvalue weighted by Gasteiger charge is 2.21. The van der Waals surface area contributed by atoms with E-state index in [1.807, 2.05) is 48.5 Å². The minimum Gasteiger partial charge on any atom is -0.289 e. The molecular formula is C43H53NO3. The fourth-order valence-electron chi connectivity index (χ4n) is 6.28. The lowest BCUT2D eigenvalue weighted by atomic mass is 10.0. The molecule has 3 aromatic carbocycles. The highest BCUT2D eigenvalue weighted by molar-refractivity contribution is 6.33. The van der Waals surface area contributed by atoms with Gasteiger partial charge in [-0.15, -0.1) is 0 Å². The predicted octanol–water partition coefficient (Wildman–Crippen LogP) is 10.6. The molecule has 4 rings (SSSR count). The number of rotatable bonds is 23. The van der Waals surface area contributed by atoms with E-state index in [2.05, 4.69) is 41.7 Å². The molecule has 0 saturated carbocycles. The van der Waals surface area contributed by atoms with Crippen LogP contribution in [0, 0.1) is 0 Å². The number of nitrogens with one attached hydrogen (secondary N) is 1. The fourth-order valence-corrected chi connectivity index (χ4v) is 6.28. The van der Waals surface area contributed by atoms with E-state index in [9.17, 15) is 14.4 Å². The van der Waals surface area contributed by atoms with E-state index in [0.29, 0.717) is 5.57 Å². The number of allylic oxidation sites excluding steroid dienone is 1. The van der Waals surface area contributed by atoms with Gasteiger partial charge in [0.25, 0.3) is 11.8 Å². The number of carbonyl (C=O) groups excluding carboxylic acids is 3. The molecule has 0 aromatic heterocycles. The van der Waals surface area contributed by atoms with Crippen molar-refractivity contribution in [1.29, 1.82) is 0 Å². The molecule has 0 fully saturated rings. The molecule has 0 aliphatic carbocycles. The fraction of sp³-hybridized carbons (Fsp3) is 0.419. The van der Waals surface area contributed by atoms with Crippen LogP contribution < -0.4 is 5.32 Å². The number of hydrogen-bond donors (Lipinski definition) is 1. The van der Waals surface area contributed by atoms with Gasteiger partial charge in [-0.3, -0.25) is 19.7 Å². The van der Waals surface area contributed by atoms with Crippen LogP contribution in [0.15, 0.2) is 91.0 Å². The molecule has 47 heavy (non-hydrogen) atoms. The molecule has 1 N–H and O–H groups in total. The number of imide groups is 1. The van der Waals surface area contributed by atoms with Crippen molar-refractivity contribution in [3.63, 3.8) is 0 Å². The molecule has 4 heteroatoms. The maximum Gasteiger partial charge on any atom is 0.258 e. The van der Waals surface area contributed by atoms with E-state index in [-0.39, 0.29) is 17.6 Å². The first-order chi connectivity index (χ1) is 23.1. The van der Waals surface area contributed by atoms with E-state index in [1.165, 1.54) is 120 Å². The normalized spacial score (nSPS) is 12.9. The van der Waals surface area contributed by atoms with Gasteiger partial charge in [0, 0.05) is 11.6 Å². The molecule has 0 unspecified atom stereocenters. The zero-order valence-corrected chi connectivity index (χ0v) is 28.2. The summed E-state index contributed by atoms with van der Waals surface area (Å²) < 4.78 is 0. The molecule has 0 spiro atoms. The van der Waals surface area contributed by atoms with Gasteiger partial charge in [-0.2, -0.15) is 0 Å². The van der Waals surface area contributed by atoms with Crippen LogP contribution in [0.25, 0.3) is 11.6 Å². The first-order valence-electron chi connectivity index (χ1n) is 18.1. The van der Waals surface area contributed by atoms with Gasteiger partial charge in [-0.25, -0.2) is 0 Å². The highest BCUT2D eigenvalue weighted by atomic mass is 16.2. The SMILES string of the molecule is O=C1C=C(c2ccc(CCCCCCCCCCCCCCCCCCc3ccc(C=CC(=O)c4ccccc4)cc3)cc2)C(=O)N1. The molecule has 1 aliphatic rings. The van der Waals surface area contributed by atoms with Crippen LogP contribution in [0.5, 0.6) is 0 Å². The Bertz CT molecular complexity index is 1430. The van der Waals surface area contributed by atoms with Crippen LogP contribution in [0.4, 0.5) is 0 Å². The second-order valence-corrected chi connectivity index (χ2v) is 13.0. The highest BCUT2D eigenvalue weighted by Crippen LogP contribution is 2.20. The number of ketones is 1. The van der Waals surface area contributed by atoms with Crippen LogP contribution in [0.1, 0.15) is 135 Å². The minimum atomic E-state index is -0.330. The van der Waals surface area contributed by atoms with E-state index < -0.39 is 0 Å². The van der Waals surface area contributed by atoms with Crippen molar-refractivity contribution in [2.24, 2.45) is 0 Å². The van der Waals surface area contributed by atoms with Crippen molar-refractivity contribution >= 4 is 29.2 Å². The summed E-state index contributed by atoms with van der Waals surface area (Å²) in [5.74, 6) is -0.593. The third-order valence-corrected chi connectivity index (χ3v) is 9.17. The first kappa shape index (κ1) is 35.8. The topological polar surface area (TPSA) is 63.2 Å². The summed E-state index contributed by atoms with van der Waals surface area (Å²) in [6.45, 7) is 0. The summed E-state index contributed by atoms with van der Waals surface area (Å²) in [6, 6.07) is 26.1. The Morgan fingerprint density at radius 1 is 0.532 bits per heavy atom. The Balaban J connectivity index is 0.890. The van der Waals surface area contributed by atoms with Gasteiger partial charge < -0.3 is 0 Å². The molecule has 4 nitrogen and oxygen atoms in total. The van der Waals surface area contributed by atoms with Crippen LogP contribution in [-0.4, -0.2) is 17.6 Å². The van der Waals surface area contributed by atoms with E-state index in [1.54, 1.807) is 6.08 Å². The van der Waals surface area contributed by atoms with Gasteiger partial charge in [-0.1, -0.05) is 175 Å². The summed E-state index contributed by atoms with van der Waals surface area (Å²) >= 11 is 0. The summed E-state index contributed by atoms with van der Waals surface area (Å²) in [5.41, 5.74) is 5.74. The van der Waals surface area contributed by atoms with Gasteiger partial charge in [0.05, 0.1) is 5.57 Å². The number of hydrogen-bond acceptors (Lipinski definition) is 3. The van der Waals surface area contributed by atoms with E-state index in [0.717, 1.165) is 29.5 Å². The molecular weight excluding hydrogens is 578 g/mol. The Morgan fingerprint density at radius 3 is 1.43 bits per heavy atom. The maximum absolute atomic E-state index is 12.2. The van der Waals surface area contributed by atoms with Crippen molar-refractivity contribution in [3.05, 3.63) is 119 Å². The number of carbonyl (C=O) groups is 3. The van der Waals surface area contributed by atoms with Crippen molar-refractivity contribution < 1.29 is 14.4 Å². The Morgan fingerprint density at radius 2 is 0.979 bits per heavy atom. The van der Waals surface area contributed by atoms with Crippen molar-refractivity contribution in [1.82, 2.24) is 5.32 Å². The minimum absolute atomic E-state index is 0.0413. The summed E-state index contributed by atoms with van der Waals surface area (Å²) in [5, 5.41) is 2.30. The molecule has 1 heterocycles. The third-order valence-electron chi connectivity index (χ3n) is 9.17. The number of unbranched alkanes of at least 4 members (excludes halogenated alkanes) is 15. The predicted molar refractivity (Wildman–Crippen MR) is 195 cm³/mol. The molecule has 2 amide bonds. The average molecular weight is 632 g/mol. The largest absolute Gasteiger partial charge is 0.289 e. The van der Waals surface area contributed by atoms with Crippen molar-refractivity contribution in [2.45, 2.75) is 116 Å². The third kappa shape index (κ3) is 13.7. The smallest absolute Gasteiger partial charge is 0.258 e. The summed E-state index contributed by atoms with van der Waals surface area (Å²) in [6.07, 6.45) is 28.6. The Hall–Kier alpha value is -4.05. The molecule has 0 saturated heterocycles. The molecule has 248 valence electrons. The first-order valence-corrected chi connectivity index (χ1v) is 18.1. The zero-order valence-electron chi connectivity index (χ0n) is 28.2. The van der Waals surface area contributed by atoms with E-state index in [4.69, 9.17) is 0 Å².